The number of esters is 2. The van der Waals surface area contributed by atoms with Crippen molar-refractivity contribution in [2.45, 2.75) is 142 Å². The van der Waals surface area contributed by atoms with Crippen LogP contribution in [0.2, 0.25) is 0 Å². The molecule has 1 N–H and O–H groups in total. The maximum Gasteiger partial charge on any atom is 0.313 e. The Bertz CT molecular complexity index is 431. The van der Waals surface area contributed by atoms with E-state index in [-0.39, 0.29) is 18.0 Å². The summed E-state index contributed by atoms with van der Waals surface area (Å²) in [6.45, 7) is 4.36. The van der Waals surface area contributed by atoms with E-state index in [4.69, 9.17) is 4.74 Å². The molecule has 0 bridgehead atoms. The molecular weight excluding hydrogens is 376 g/mol. The molecule has 0 fully saturated rings. The fraction of sp³-hybridized carbons (Fsp3) is 0.846. The first kappa shape index (κ1) is 28.8. The van der Waals surface area contributed by atoms with Crippen molar-refractivity contribution in [2.75, 3.05) is 0 Å². The van der Waals surface area contributed by atoms with E-state index in [1.807, 2.05) is 0 Å². The Morgan fingerprint density at radius 3 is 1.80 bits per heavy atom. The van der Waals surface area contributed by atoms with Crippen molar-refractivity contribution in [3.63, 3.8) is 0 Å². The lowest BCUT2D eigenvalue weighted by atomic mass is 10.1. The second kappa shape index (κ2) is 22.5. The van der Waals surface area contributed by atoms with Crippen LogP contribution in [0, 0.1) is 0 Å². The lowest BCUT2D eigenvalue weighted by Crippen LogP contribution is -2.11. The van der Waals surface area contributed by atoms with E-state index in [1.54, 1.807) is 0 Å². The number of ether oxygens (including phenoxy) is 1. The molecule has 0 rings (SSSR count). The van der Waals surface area contributed by atoms with Crippen molar-refractivity contribution < 1.29 is 19.4 Å². The minimum Gasteiger partial charge on any atom is -0.393 e. The normalized spacial score (nSPS) is 12.4. The quantitative estimate of drug-likeness (QED) is 0.0900. The third kappa shape index (κ3) is 21.5. The van der Waals surface area contributed by atoms with E-state index in [1.165, 1.54) is 32.1 Å². The lowest BCUT2D eigenvalue weighted by molar-refractivity contribution is -0.159. The van der Waals surface area contributed by atoms with E-state index in [2.05, 4.69) is 26.0 Å². The van der Waals surface area contributed by atoms with E-state index < -0.39 is 0 Å². The third-order valence-corrected chi connectivity index (χ3v) is 5.43. The molecule has 0 spiro atoms. The minimum atomic E-state index is -0.371. The molecule has 30 heavy (non-hydrogen) atoms. The summed E-state index contributed by atoms with van der Waals surface area (Å²) in [4.78, 5) is 23.3. The molecule has 0 aromatic rings. The fourth-order valence-corrected chi connectivity index (χ4v) is 3.46. The first-order valence-electron chi connectivity index (χ1n) is 12.7. The number of unbranched alkanes of at least 4 members (excludes halogenated alkanes) is 12. The summed E-state index contributed by atoms with van der Waals surface area (Å²) in [5.74, 6) is -0.737. The highest BCUT2D eigenvalue weighted by Gasteiger charge is 2.09. The zero-order chi connectivity index (χ0) is 22.3. The summed E-state index contributed by atoms with van der Waals surface area (Å²) in [7, 11) is 0. The standard InChI is InChI=1S/C26H48O4/c1-3-5-7-13-18-22-25(28)30-26(29)23-19-15-12-10-9-11-14-17-21-24(27)20-16-8-6-4-2/h14,17,24,27H,3-13,15-16,18-23H2,1-2H3/t24-/m1/s1. The molecule has 4 nitrogen and oxygen atoms in total. The summed E-state index contributed by atoms with van der Waals surface area (Å²) in [5, 5.41) is 9.91. The number of aliphatic hydroxyl groups excluding tert-OH is 1. The van der Waals surface area contributed by atoms with Gasteiger partial charge in [-0.05, 0) is 38.5 Å². The van der Waals surface area contributed by atoms with Crippen LogP contribution in [-0.4, -0.2) is 23.1 Å². The fourth-order valence-electron chi connectivity index (χ4n) is 3.46. The maximum atomic E-state index is 11.7. The van der Waals surface area contributed by atoms with Gasteiger partial charge in [0.2, 0.25) is 0 Å². The van der Waals surface area contributed by atoms with Crippen molar-refractivity contribution in [2.24, 2.45) is 0 Å². The number of aliphatic hydroxyl groups is 1. The topological polar surface area (TPSA) is 63.6 Å². The molecular formula is C26H48O4. The van der Waals surface area contributed by atoms with Crippen LogP contribution < -0.4 is 0 Å². The zero-order valence-electron chi connectivity index (χ0n) is 19.8. The summed E-state index contributed by atoms with van der Waals surface area (Å²) in [6, 6.07) is 0. The van der Waals surface area contributed by atoms with Gasteiger partial charge in [-0.3, -0.25) is 9.59 Å². The lowest BCUT2D eigenvalue weighted by Gasteiger charge is -2.07. The van der Waals surface area contributed by atoms with Crippen molar-refractivity contribution in [3.05, 3.63) is 12.2 Å². The van der Waals surface area contributed by atoms with E-state index >= 15 is 0 Å². The average molecular weight is 425 g/mol. The molecule has 0 saturated heterocycles. The van der Waals surface area contributed by atoms with Gasteiger partial charge in [-0.1, -0.05) is 96.6 Å². The minimum absolute atomic E-state index is 0.189. The van der Waals surface area contributed by atoms with Crippen LogP contribution in [0.15, 0.2) is 12.2 Å². The first-order valence-corrected chi connectivity index (χ1v) is 12.7. The Labute approximate surface area is 185 Å². The van der Waals surface area contributed by atoms with Crippen LogP contribution in [-0.2, 0) is 14.3 Å². The van der Waals surface area contributed by atoms with Gasteiger partial charge in [-0.25, -0.2) is 0 Å². The van der Waals surface area contributed by atoms with Crippen molar-refractivity contribution in [3.8, 4) is 0 Å². The average Bonchev–Trinajstić information content (AvgIpc) is 2.72. The molecule has 0 aromatic heterocycles. The molecule has 0 radical (unpaired) electrons. The molecule has 1 atom stereocenters. The van der Waals surface area contributed by atoms with Gasteiger partial charge in [0.25, 0.3) is 0 Å². The van der Waals surface area contributed by atoms with Crippen molar-refractivity contribution >= 4 is 11.9 Å². The van der Waals surface area contributed by atoms with E-state index in [0.29, 0.717) is 12.8 Å². The Morgan fingerprint density at radius 1 is 0.700 bits per heavy atom. The number of hydrogen-bond acceptors (Lipinski definition) is 4. The van der Waals surface area contributed by atoms with Gasteiger partial charge >= 0.3 is 11.9 Å². The third-order valence-electron chi connectivity index (χ3n) is 5.43. The molecule has 0 aliphatic heterocycles. The second-order valence-electron chi connectivity index (χ2n) is 8.53. The SMILES string of the molecule is CCCCCCCC(=O)OC(=O)CCCCCCCC=CC[C@H](O)CCCCCC. The van der Waals surface area contributed by atoms with Crippen LogP contribution in [0.1, 0.15) is 136 Å². The van der Waals surface area contributed by atoms with Crippen LogP contribution in [0.25, 0.3) is 0 Å². The number of rotatable bonds is 21. The molecule has 0 aliphatic carbocycles. The second-order valence-corrected chi connectivity index (χ2v) is 8.53. The summed E-state index contributed by atoms with van der Waals surface area (Å²) < 4.78 is 4.88. The predicted octanol–water partition coefficient (Wildman–Crippen LogP) is 7.43. The molecule has 176 valence electrons. The number of hydrogen-bond donors (Lipinski definition) is 1. The molecule has 0 saturated carbocycles. The van der Waals surface area contributed by atoms with Crippen LogP contribution in [0.5, 0.6) is 0 Å². The smallest absolute Gasteiger partial charge is 0.313 e. The predicted molar refractivity (Wildman–Crippen MR) is 125 cm³/mol. The van der Waals surface area contributed by atoms with Gasteiger partial charge in [0.1, 0.15) is 0 Å². The van der Waals surface area contributed by atoms with Gasteiger partial charge in [0.05, 0.1) is 6.10 Å². The van der Waals surface area contributed by atoms with Crippen LogP contribution in [0.3, 0.4) is 0 Å². The molecule has 0 amide bonds. The maximum absolute atomic E-state index is 11.7. The number of carbonyl (C=O) groups excluding carboxylic acids is 2. The Balaban J connectivity index is 3.43. The molecule has 0 aromatic carbocycles. The summed E-state index contributed by atoms with van der Waals surface area (Å²) in [6.07, 6.45) is 23.0. The highest BCUT2D eigenvalue weighted by molar-refractivity contribution is 5.85. The van der Waals surface area contributed by atoms with Gasteiger partial charge < -0.3 is 9.84 Å². The van der Waals surface area contributed by atoms with E-state index in [0.717, 1.165) is 77.0 Å². The van der Waals surface area contributed by atoms with Gasteiger partial charge in [-0.15, -0.1) is 0 Å². The highest BCUT2D eigenvalue weighted by Crippen LogP contribution is 2.11. The van der Waals surface area contributed by atoms with Gasteiger partial charge in [0.15, 0.2) is 0 Å². The van der Waals surface area contributed by atoms with Crippen molar-refractivity contribution in [1.82, 2.24) is 0 Å². The summed E-state index contributed by atoms with van der Waals surface area (Å²) in [5.41, 5.74) is 0. The zero-order valence-corrected chi connectivity index (χ0v) is 19.8. The van der Waals surface area contributed by atoms with Crippen LogP contribution in [0.4, 0.5) is 0 Å². The monoisotopic (exact) mass is 424 g/mol. The van der Waals surface area contributed by atoms with E-state index in [9.17, 15) is 14.7 Å². The Morgan fingerprint density at radius 2 is 1.20 bits per heavy atom. The van der Waals surface area contributed by atoms with Crippen molar-refractivity contribution in [1.29, 1.82) is 0 Å². The highest BCUT2D eigenvalue weighted by atomic mass is 16.6. The number of allylic oxidation sites excluding steroid dienone is 1. The number of carbonyl (C=O) groups is 2. The molecule has 0 aliphatic rings. The Kier molecular flexibility index (Phi) is 21.7. The van der Waals surface area contributed by atoms with Gasteiger partial charge in [-0.2, -0.15) is 0 Å². The Hall–Kier alpha value is -1.16. The molecule has 0 heterocycles. The molecule has 0 unspecified atom stereocenters. The first-order chi connectivity index (χ1) is 14.6. The molecule has 4 heteroatoms. The van der Waals surface area contributed by atoms with Crippen LogP contribution >= 0.6 is 0 Å². The summed E-state index contributed by atoms with van der Waals surface area (Å²) >= 11 is 0. The van der Waals surface area contributed by atoms with Gasteiger partial charge in [0, 0.05) is 12.8 Å². The largest absolute Gasteiger partial charge is 0.393 e.